The third-order valence-electron chi connectivity index (χ3n) is 0.661. The van der Waals surface area contributed by atoms with E-state index in [0.29, 0.717) is 0 Å². The van der Waals surface area contributed by atoms with Gasteiger partial charge in [0.05, 0.1) is 6.26 Å². The lowest BCUT2D eigenvalue weighted by molar-refractivity contribution is 0.0647. The molecule has 0 aliphatic carbocycles. The summed E-state index contributed by atoms with van der Waals surface area (Å²) in [7, 11) is 0. The van der Waals surface area contributed by atoms with E-state index in [9.17, 15) is 4.39 Å². The molecule has 0 aromatic carbocycles. The minimum Gasteiger partial charge on any atom is -0.464 e. The monoisotopic (exact) mass is 100 g/mol. The smallest absolute Gasteiger partial charge is 0.256 e. The summed E-state index contributed by atoms with van der Waals surface area (Å²) >= 11 is 0. The van der Waals surface area contributed by atoms with Crippen molar-refractivity contribution < 1.29 is 9.13 Å². The predicted octanol–water partition coefficient (Wildman–Crippen LogP) is 1.38. The second-order valence-corrected chi connectivity index (χ2v) is 1.20. The molecular formula is C5H5FO. The Labute approximate surface area is 41.1 Å². The van der Waals surface area contributed by atoms with E-state index in [1.54, 1.807) is 12.2 Å². The normalized spacial score (nSPS) is 27.3. The molecule has 0 radical (unpaired) electrons. The van der Waals surface area contributed by atoms with Crippen molar-refractivity contribution in [2.45, 2.75) is 6.36 Å². The van der Waals surface area contributed by atoms with E-state index in [1.165, 1.54) is 12.3 Å². The van der Waals surface area contributed by atoms with Gasteiger partial charge in [-0.25, -0.2) is 0 Å². The van der Waals surface area contributed by atoms with Crippen LogP contribution in [0.4, 0.5) is 4.39 Å². The third-order valence-corrected chi connectivity index (χ3v) is 0.661. The lowest BCUT2D eigenvalue weighted by Gasteiger charge is -2.02. The fourth-order valence-corrected chi connectivity index (χ4v) is 0.363. The first kappa shape index (κ1) is 4.37. The van der Waals surface area contributed by atoms with Gasteiger partial charge in [0.1, 0.15) is 0 Å². The van der Waals surface area contributed by atoms with Gasteiger partial charge in [-0.3, -0.25) is 0 Å². The minimum absolute atomic E-state index is 1.23. The molecule has 0 N–H and O–H groups in total. The van der Waals surface area contributed by atoms with Gasteiger partial charge in [-0.15, -0.1) is 0 Å². The summed E-state index contributed by atoms with van der Waals surface area (Å²) in [6.45, 7) is 0. The Morgan fingerprint density at radius 3 is 2.57 bits per heavy atom. The molecule has 0 amide bonds. The number of rotatable bonds is 0. The summed E-state index contributed by atoms with van der Waals surface area (Å²) in [5.41, 5.74) is 0. The average Bonchev–Trinajstić information content (AvgIpc) is 1.69. The van der Waals surface area contributed by atoms with Crippen LogP contribution in [0.3, 0.4) is 0 Å². The summed E-state index contributed by atoms with van der Waals surface area (Å²) in [5, 5.41) is 0. The minimum atomic E-state index is -1.23. The fraction of sp³-hybridized carbons (Fsp3) is 0.200. The van der Waals surface area contributed by atoms with Crippen LogP contribution >= 0.6 is 0 Å². The van der Waals surface area contributed by atoms with E-state index in [2.05, 4.69) is 4.74 Å². The Morgan fingerprint density at radius 1 is 1.43 bits per heavy atom. The molecule has 2 heteroatoms. The topological polar surface area (TPSA) is 9.23 Å². The fourth-order valence-electron chi connectivity index (χ4n) is 0.363. The first-order valence-electron chi connectivity index (χ1n) is 2.02. The molecule has 0 spiro atoms. The lowest BCUT2D eigenvalue weighted by Crippen LogP contribution is -1.97. The standard InChI is InChI=1S/C5H5FO/c6-5-3-1-2-4-7-5/h1-5H. The second kappa shape index (κ2) is 1.78. The van der Waals surface area contributed by atoms with Crippen molar-refractivity contribution in [3.63, 3.8) is 0 Å². The van der Waals surface area contributed by atoms with Crippen LogP contribution in [0, 0.1) is 0 Å². The highest BCUT2D eigenvalue weighted by molar-refractivity contribution is 5.04. The van der Waals surface area contributed by atoms with Gasteiger partial charge in [0.25, 0.3) is 6.36 Å². The Kier molecular flexibility index (Phi) is 1.11. The summed E-state index contributed by atoms with van der Waals surface area (Å²) < 4.78 is 16.2. The maximum atomic E-state index is 11.8. The van der Waals surface area contributed by atoms with Gasteiger partial charge in [0.15, 0.2) is 0 Å². The van der Waals surface area contributed by atoms with Crippen LogP contribution in [-0.4, -0.2) is 6.36 Å². The van der Waals surface area contributed by atoms with Gasteiger partial charge in [0.2, 0.25) is 0 Å². The van der Waals surface area contributed by atoms with Crippen molar-refractivity contribution in [1.82, 2.24) is 0 Å². The van der Waals surface area contributed by atoms with Crippen LogP contribution < -0.4 is 0 Å². The molecule has 0 aromatic heterocycles. The van der Waals surface area contributed by atoms with Gasteiger partial charge < -0.3 is 4.74 Å². The Balaban J connectivity index is 2.49. The van der Waals surface area contributed by atoms with E-state index < -0.39 is 6.36 Å². The molecule has 1 nitrogen and oxygen atoms in total. The van der Waals surface area contributed by atoms with Crippen molar-refractivity contribution in [1.29, 1.82) is 0 Å². The van der Waals surface area contributed by atoms with Gasteiger partial charge in [-0.1, -0.05) is 6.08 Å². The zero-order chi connectivity index (χ0) is 5.11. The molecule has 1 aliphatic heterocycles. The molecule has 1 atom stereocenters. The Hall–Kier alpha value is -0.790. The third kappa shape index (κ3) is 1.03. The summed E-state index contributed by atoms with van der Waals surface area (Å²) in [6, 6.07) is 0. The molecule has 0 fully saturated rings. The van der Waals surface area contributed by atoms with E-state index in [1.807, 2.05) is 0 Å². The maximum absolute atomic E-state index is 11.8. The van der Waals surface area contributed by atoms with E-state index >= 15 is 0 Å². The molecule has 1 aliphatic rings. The lowest BCUT2D eigenvalue weighted by atomic mass is 10.4. The van der Waals surface area contributed by atoms with Crippen LogP contribution in [0.5, 0.6) is 0 Å². The van der Waals surface area contributed by atoms with Gasteiger partial charge in [-0.2, -0.15) is 4.39 Å². The highest BCUT2D eigenvalue weighted by Gasteiger charge is 1.97. The zero-order valence-electron chi connectivity index (χ0n) is 3.67. The first-order chi connectivity index (χ1) is 3.39. The molecular weight excluding hydrogens is 95.1 g/mol. The number of hydrogen-bond donors (Lipinski definition) is 0. The molecule has 1 rings (SSSR count). The van der Waals surface area contributed by atoms with Crippen LogP contribution in [0.25, 0.3) is 0 Å². The quantitative estimate of drug-likeness (QED) is 0.447. The van der Waals surface area contributed by atoms with Crippen molar-refractivity contribution in [3.05, 3.63) is 24.5 Å². The zero-order valence-corrected chi connectivity index (χ0v) is 3.67. The molecule has 0 aromatic rings. The summed E-state index contributed by atoms with van der Waals surface area (Å²) in [4.78, 5) is 0. The molecule has 0 bridgehead atoms. The second-order valence-electron chi connectivity index (χ2n) is 1.20. The van der Waals surface area contributed by atoms with Crippen LogP contribution in [0.1, 0.15) is 0 Å². The molecule has 1 unspecified atom stereocenters. The SMILES string of the molecule is FC1C=CC=CO1. The number of hydrogen-bond acceptors (Lipinski definition) is 1. The average molecular weight is 100 g/mol. The Bertz CT molecular complexity index is 107. The van der Waals surface area contributed by atoms with Gasteiger partial charge in [0, 0.05) is 0 Å². The molecule has 38 valence electrons. The predicted molar refractivity (Wildman–Crippen MR) is 24.3 cm³/mol. The van der Waals surface area contributed by atoms with Crippen molar-refractivity contribution in [3.8, 4) is 0 Å². The highest BCUT2D eigenvalue weighted by Crippen LogP contribution is 2.01. The van der Waals surface area contributed by atoms with Crippen LogP contribution in [0.2, 0.25) is 0 Å². The van der Waals surface area contributed by atoms with Crippen LogP contribution in [-0.2, 0) is 4.74 Å². The summed E-state index contributed by atoms with van der Waals surface area (Å²) in [5.74, 6) is 0. The van der Waals surface area contributed by atoms with Gasteiger partial charge in [-0.05, 0) is 12.2 Å². The highest BCUT2D eigenvalue weighted by atomic mass is 19.1. The largest absolute Gasteiger partial charge is 0.464 e. The van der Waals surface area contributed by atoms with Crippen molar-refractivity contribution >= 4 is 0 Å². The number of ether oxygens (including phenoxy) is 1. The number of alkyl halides is 1. The molecule has 7 heavy (non-hydrogen) atoms. The van der Waals surface area contributed by atoms with E-state index in [4.69, 9.17) is 0 Å². The van der Waals surface area contributed by atoms with E-state index in [-0.39, 0.29) is 0 Å². The maximum Gasteiger partial charge on any atom is 0.256 e. The van der Waals surface area contributed by atoms with Crippen molar-refractivity contribution in [2.75, 3.05) is 0 Å². The molecule has 1 heterocycles. The Morgan fingerprint density at radius 2 is 2.29 bits per heavy atom. The number of halogens is 1. The molecule has 0 saturated heterocycles. The van der Waals surface area contributed by atoms with Crippen LogP contribution in [0.15, 0.2) is 24.5 Å². The summed E-state index contributed by atoms with van der Waals surface area (Å²) in [6.07, 6.45) is 4.67. The van der Waals surface area contributed by atoms with Crippen molar-refractivity contribution in [2.24, 2.45) is 0 Å². The van der Waals surface area contributed by atoms with Gasteiger partial charge >= 0.3 is 0 Å². The number of allylic oxidation sites excluding steroid dienone is 2. The molecule has 0 saturated carbocycles. The first-order valence-corrected chi connectivity index (χ1v) is 2.02. The van der Waals surface area contributed by atoms with E-state index in [0.717, 1.165) is 0 Å².